The van der Waals surface area contributed by atoms with Gasteiger partial charge in [0.15, 0.2) is 0 Å². The lowest BCUT2D eigenvalue weighted by Crippen LogP contribution is -2.29. The van der Waals surface area contributed by atoms with Crippen LogP contribution in [0.15, 0.2) is 21.7 Å². The average Bonchev–Trinajstić information content (AvgIpc) is 2.87. The lowest BCUT2D eigenvalue weighted by molar-refractivity contribution is -0.121. The van der Waals surface area contributed by atoms with Gasteiger partial charge in [-0.15, -0.1) is 0 Å². The maximum absolute atomic E-state index is 12.3. The molecular formula is C20H24N4O3. The molecule has 0 aliphatic carbocycles. The standard InChI is InChI=1S/C20H24N4O3/c1-10-7-14(18-16(8-10)11(2)12(3)22-18)9-21-17(25)6-5-15-13(4)23-20(27)24-19(15)26/h7-8,22H,5-6,9H2,1-4H3,(H,21,25)(H2,23,24,26,27). The SMILES string of the molecule is Cc1cc(CNC(=O)CCc2c(C)[nH]c(=O)[nH]c2=O)c2[nH]c(C)c(C)c2c1. The van der Waals surface area contributed by atoms with E-state index in [9.17, 15) is 14.4 Å². The van der Waals surface area contributed by atoms with E-state index in [1.165, 1.54) is 10.9 Å². The zero-order valence-electron chi connectivity index (χ0n) is 16.0. The van der Waals surface area contributed by atoms with Crippen molar-refractivity contribution in [2.75, 3.05) is 0 Å². The molecule has 0 unspecified atom stereocenters. The third-order valence-electron chi connectivity index (χ3n) is 4.98. The largest absolute Gasteiger partial charge is 0.358 e. The van der Waals surface area contributed by atoms with Crippen molar-refractivity contribution in [3.8, 4) is 0 Å². The Bertz CT molecular complexity index is 1130. The highest BCUT2D eigenvalue weighted by molar-refractivity contribution is 5.88. The van der Waals surface area contributed by atoms with Gasteiger partial charge in [-0.1, -0.05) is 11.6 Å². The van der Waals surface area contributed by atoms with Gasteiger partial charge in [0.05, 0.1) is 5.52 Å². The second kappa shape index (κ2) is 7.26. The number of fused-ring (bicyclic) bond motifs is 1. The molecule has 27 heavy (non-hydrogen) atoms. The number of hydrogen-bond acceptors (Lipinski definition) is 3. The van der Waals surface area contributed by atoms with Gasteiger partial charge < -0.3 is 15.3 Å². The highest BCUT2D eigenvalue weighted by Gasteiger charge is 2.12. The van der Waals surface area contributed by atoms with E-state index in [1.54, 1.807) is 6.92 Å². The Labute approximate surface area is 156 Å². The van der Waals surface area contributed by atoms with E-state index in [0.717, 1.165) is 22.3 Å². The summed E-state index contributed by atoms with van der Waals surface area (Å²) < 4.78 is 0. The van der Waals surface area contributed by atoms with Crippen molar-refractivity contribution in [1.29, 1.82) is 0 Å². The first-order valence-corrected chi connectivity index (χ1v) is 8.93. The summed E-state index contributed by atoms with van der Waals surface area (Å²) in [6, 6.07) is 4.21. The minimum atomic E-state index is -0.536. The predicted molar refractivity (Wildman–Crippen MR) is 105 cm³/mol. The number of carbonyl (C=O) groups is 1. The molecule has 0 radical (unpaired) electrons. The van der Waals surface area contributed by atoms with E-state index in [-0.39, 0.29) is 18.7 Å². The molecule has 0 saturated heterocycles. The number of H-pyrrole nitrogens is 3. The molecule has 0 atom stereocenters. The van der Waals surface area contributed by atoms with Crippen LogP contribution in [0.5, 0.6) is 0 Å². The second-order valence-electron chi connectivity index (χ2n) is 7.01. The minimum Gasteiger partial charge on any atom is -0.358 e. The van der Waals surface area contributed by atoms with E-state index < -0.39 is 11.2 Å². The number of aryl methyl sites for hydroxylation is 4. The van der Waals surface area contributed by atoms with Crippen molar-refractivity contribution in [1.82, 2.24) is 20.3 Å². The van der Waals surface area contributed by atoms with Crippen molar-refractivity contribution in [3.63, 3.8) is 0 Å². The molecule has 0 fully saturated rings. The monoisotopic (exact) mass is 368 g/mol. The number of hydrogen-bond donors (Lipinski definition) is 4. The Hall–Kier alpha value is -3.09. The van der Waals surface area contributed by atoms with Crippen LogP contribution in [-0.2, 0) is 17.8 Å². The number of amides is 1. The van der Waals surface area contributed by atoms with Crippen molar-refractivity contribution < 1.29 is 4.79 Å². The molecule has 4 N–H and O–H groups in total. The summed E-state index contributed by atoms with van der Waals surface area (Å²) >= 11 is 0. The average molecular weight is 368 g/mol. The maximum Gasteiger partial charge on any atom is 0.325 e. The first kappa shape index (κ1) is 18.7. The number of rotatable bonds is 5. The van der Waals surface area contributed by atoms with Gasteiger partial charge in [-0.2, -0.15) is 0 Å². The molecule has 0 bridgehead atoms. The highest BCUT2D eigenvalue weighted by atomic mass is 16.2. The van der Waals surface area contributed by atoms with Crippen LogP contribution in [0.4, 0.5) is 0 Å². The zero-order valence-corrected chi connectivity index (χ0v) is 16.0. The first-order valence-electron chi connectivity index (χ1n) is 8.93. The molecule has 0 saturated carbocycles. The van der Waals surface area contributed by atoms with Crippen LogP contribution >= 0.6 is 0 Å². The number of aromatic amines is 3. The molecule has 142 valence electrons. The van der Waals surface area contributed by atoms with Crippen molar-refractivity contribution in [2.24, 2.45) is 0 Å². The topological polar surface area (TPSA) is 111 Å². The second-order valence-corrected chi connectivity index (χ2v) is 7.01. The quantitative estimate of drug-likeness (QED) is 0.553. The van der Waals surface area contributed by atoms with Gasteiger partial charge in [-0.25, -0.2) is 4.79 Å². The smallest absolute Gasteiger partial charge is 0.325 e. The molecular weight excluding hydrogens is 344 g/mol. The predicted octanol–water partition coefficient (Wildman–Crippen LogP) is 2.03. The molecule has 0 spiro atoms. The Balaban J connectivity index is 1.70. The summed E-state index contributed by atoms with van der Waals surface area (Å²) in [6.45, 7) is 8.23. The molecule has 2 heterocycles. The number of carbonyl (C=O) groups excluding carboxylic acids is 1. The minimum absolute atomic E-state index is 0.144. The molecule has 1 amide bonds. The van der Waals surface area contributed by atoms with Gasteiger partial charge in [0, 0.05) is 35.3 Å². The molecule has 3 rings (SSSR count). The third-order valence-corrected chi connectivity index (χ3v) is 4.98. The Morgan fingerprint density at radius 2 is 1.74 bits per heavy atom. The maximum atomic E-state index is 12.3. The fourth-order valence-electron chi connectivity index (χ4n) is 3.38. The molecule has 2 aromatic heterocycles. The molecule has 7 nitrogen and oxygen atoms in total. The fourth-order valence-corrected chi connectivity index (χ4v) is 3.38. The molecule has 3 aromatic rings. The van der Waals surface area contributed by atoms with E-state index >= 15 is 0 Å². The normalized spacial score (nSPS) is 11.1. The lowest BCUT2D eigenvalue weighted by atomic mass is 10.0. The van der Waals surface area contributed by atoms with E-state index in [0.29, 0.717) is 17.8 Å². The lowest BCUT2D eigenvalue weighted by Gasteiger charge is -2.09. The van der Waals surface area contributed by atoms with Gasteiger partial charge in [-0.3, -0.25) is 14.6 Å². The van der Waals surface area contributed by atoms with Crippen LogP contribution in [0.25, 0.3) is 10.9 Å². The highest BCUT2D eigenvalue weighted by Crippen LogP contribution is 2.26. The van der Waals surface area contributed by atoms with Crippen LogP contribution in [0.1, 0.15) is 40.1 Å². The van der Waals surface area contributed by atoms with Crippen LogP contribution in [-0.4, -0.2) is 20.9 Å². The van der Waals surface area contributed by atoms with Crippen LogP contribution < -0.4 is 16.6 Å². The third kappa shape index (κ3) is 3.86. The summed E-state index contributed by atoms with van der Waals surface area (Å²) in [7, 11) is 0. The number of aromatic nitrogens is 3. The van der Waals surface area contributed by atoms with E-state index in [2.05, 4.69) is 39.3 Å². The van der Waals surface area contributed by atoms with Gasteiger partial charge in [0.25, 0.3) is 5.56 Å². The van der Waals surface area contributed by atoms with E-state index in [4.69, 9.17) is 0 Å². The summed E-state index contributed by atoms with van der Waals surface area (Å²) in [5.41, 5.74) is 5.51. The van der Waals surface area contributed by atoms with Gasteiger partial charge >= 0.3 is 5.69 Å². The van der Waals surface area contributed by atoms with Crippen molar-refractivity contribution >= 4 is 16.8 Å². The summed E-state index contributed by atoms with van der Waals surface area (Å²) in [5.74, 6) is -0.144. The van der Waals surface area contributed by atoms with Gasteiger partial charge in [0.1, 0.15) is 0 Å². The molecule has 0 aliphatic heterocycles. The Morgan fingerprint density at radius 1 is 1.00 bits per heavy atom. The van der Waals surface area contributed by atoms with Crippen LogP contribution in [0.2, 0.25) is 0 Å². The fraction of sp³-hybridized carbons (Fsp3) is 0.350. The molecule has 1 aromatic carbocycles. The summed E-state index contributed by atoms with van der Waals surface area (Å²) in [4.78, 5) is 43.5. The number of nitrogens with one attached hydrogen (secondary N) is 4. The van der Waals surface area contributed by atoms with Crippen LogP contribution in [0, 0.1) is 27.7 Å². The van der Waals surface area contributed by atoms with Gasteiger partial charge in [-0.05, 0) is 51.3 Å². The van der Waals surface area contributed by atoms with Crippen molar-refractivity contribution in [2.45, 2.75) is 47.1 Å². The number of benzene rings is 1. The first-order chi connectivity index (χ1) is 12.8. The Kier molecular flexibility index (Phi) is 5.03. The van der Waals surface area contributed by atoms with E-state index in [1.807, 2.05) is 13.8 Å². The molecule has 7 heteroatoms. The van der Waals surface area contributed by atoms with Crippen molar-refractivity contribution in [3.05, 3.63) is 66.6 Å². The molecule has 0 aliphatic rings. The summed E-state index contributed by atoms with van der Waals surface area (Å²) in [6.07, 6.45) is 0.446. The van der Waals surface area contributed by atoms with Crippen LogP contribution in [0.3, 0.4) is 0 Å². The zero-order chi connectivity index (χ0) is 19.7. The summed E-state index contributed by atoms with van der Waals surface area (Å²) in [5, 5.41) is 4.10. The Morgan fingerprint density at radius 3 is 2.44 bits per heavy atom. The van der Waals surface area contributed by atoms with Gasteiger partial charge in [0.2, 0.25) is 5.91 Å².